The number of hydrogen-bond acceptors (Lipinski definition) is 7. The Hall–Kier alpha value is -1.97. The molecule has 1 heterocycles. The minimum absolute atomic E-state index is 0.0294. The molecule has 0 atom stereocenters. The molecule has 6 nitrogen and oxygen atoms in total. The van der Waals surface area contributed by atoms with Crippen molar-refractivity contribution in [1.82, 2.24) is 8.75 Å². The molecule has 0 saturated heterocycles. The monoisotopic (exact) mass is 379 g/mol. The molecule has 0 radical (unpaired) electrons. The Labute approximate surface area is 147 Å². The van der Waals surface area contributed by atoms with E-state index in [1.54, 1.807) is 30.3 Å². The van der Waals surface area contributed by atoms with Gasteiger partial charge in [-0.05, 0) is 36.6 Å². The zero-order chi connectivity index (χ0) is 17.2. The molecule has 24 heavy (non-hydrogen) atoms. The van der Waals surface area contributed by atoms with Crippen molar-refractivity contribution in [3.8, 4) is 0 Å². The number of aromatic nitrogens is 2. The number of hydrogen-bond donors (Lipinski definition) is 1. The first-order chi connectivity index (χ1) is 11.5. The van der Waals surface area contributed by atoms with E-state index in [1.165, 1.54) is 17.8 Å². The van der Waals surface area contributed by atoms with E-state index < -0.39 is 21.5 Å². The summed E-state index contributed by atoms with van der Waals surface area (Å²) < 4.78 is 33.1. The lowest BCUT2D eigenvalue weighted by molar-refractivity contribution is -0.113. The fourth-order valence-electron chi connectivity index (χ4n) is 2.18. The maximum atomic E-state index is 12.5. The second-order valence-corrected chi connectivity index (χ2v) is 8.29. The zero-order valence-electron chi connectivity index (χ0n) is 12.6. The number of fused-ring (bicyclic) bond motifs is 1. The average molecular weight is 379 g/mol. The number of carbonyl (C=O) groups is 1. The fraction of sp³-hybridized carbons (Fsp3) is 0.133. The molecule has 9 heteroatoms. The van der Waals surface area contributed by atoms with E-state index in [9.17, 15) is 13.2 Å². The highest BCUT2D eigenvalue weighted by molar-refractivity contribution is 7.98. The summed E-state index contributed by atoms with van der Waals surface area (Å²) in [6.07, 6.45) is 1.92. The Morgan fingerprint density at radius 1 is 1.21 bits per heavy atom. The van der Waals surface area contributed by atoms with Crippen LogP contribution in [0.25, 0.3) is 11.0 Å². The summed E-state index contributed by atoms with van der Waals surface area (Å²) in [5.41, 5.74) is 1.38. The molecule has 1 aromatic heterocycles. The van der Waals surface area contributed by atoms with Crippen LogP contribution in [-0.2, 0) is 14.6 Å². The number of carbonyl (C=O) groups excluding carboxylic acids is 1. The molecule has 3 aromatic rings. The van der Waals surface area contributed by atoms with Gasteiger partial charge in [0.15, 0.2) is 9.84 Å². The molecule has 0 aliphatic carbocycles. The summed E-state index contributed by atoms with van der Waals surface area (Å²) in [6, 6.07) is 11.9. The first-order valence-corrected chi connectivity index (χ1v) is 10.5. The van der Waals surface area contributed by atoms with Crippen LogP contribution in [-0.4, -0.2) is 35.1 Å². The summed E-state index contributed by atoms with van der Waals surface area (Å²) in [4.78, 5) is 13.2. The number of benzene rings is 2. The maximum Gasteiger partial charge on any atom is 0.239 e. The Balaban J connectivity index is 1.81. The van der Waals surface area contributed by atoms with Gasteiger partial charge < -0.3 is 5.32 Å². The molecule has 2 aromatic carbocycles. The first kappa shape index (κ1) is 16.9. The average Bonchev–Trinajstić information content (AvgIpc) is 3.02. The molecule has 0 spiro atoms. The van der Waals surface area contributed by atoms with Gasteiger partial charge in [0.05, 0.1) is 16.6 Å². The van der Waals surface area contributed by atoms with E-state index >= 15 is 0 Å². The second-order valence-electron chi connectivity index (χ2n) is 4.93. The van der Waals surface area contributed by atoms with Crippen molar-refractivity contribution < 1.29 is 13.2 Å². The SMILES string of the molecule is CSc1cccc(NC(=O)CS(=O)(=O)c2cccc3nsnc23)c1. The Kier molecular flexibility index (Phi) is 4.83. The summed E-state index contributed by atoms with van der Waals surface area (Å²) >= 11 is 2.48. The standard InChI is InChI=1S/C15H13N3O3S3/c1-22-11-5-2-4-10(8-11)16-14(19)9-24(20,21)13-7-3-6-12-15(13)18-23-17-12/h2-8H,9H2,1H3,(H,16,19). The maximum absolute atomic E-state index is 12.5. The molecule has 1 amide bonds. The largest absolute Gasteiger partial charge is 0.325 e. The normalized spacial score (nSPS) is 11.5. The van der Waals surface area contributed by atoms with Gasteiger partial charge in [-0.15, -0.1) is 11.8 Å². The number of amides is 1. The van der Waals surface area contributed by atoms with Gasteiger partial charge in [0, 0.05) is 10.6 Å². The van der Waals surface area contributed by atoms with Crippen LogP contribution in [0.3, 0.4) is 0 Å². The predicted octanol–water partition coefficient (Wildman–Crippen LogP) is 2.83. The molecular formula is C15H13N3O3S3. The van der Waals surface area contributed by atoms with Gasteiger partial charge >= 0.3 is 0 Å². The smallest absolute Gasteiger partial charge is 0.239 e. The number of rotatable bonds is 5. The zero-order valence-corrected chi connectivity index (χ0v) is 15.0. The van der Waals surface area contributed by atoms with Gasteiger partial charge in [-0.1, -0.05) is 12.1 Å². The summed E-state index contributed by atoms with van der Waals surface area (Å²) in [7, 11) is -3.80. The highest BCUT2D eigenvalue weighted by Crippen LogP contribution is 2.23. The number of nitrogens with one attached hydrogen (secondary N) is 1. The highest BCUT2D eigenvalue weighted by Gasteiger charge is 2.23. The van der Waals surface area contributed by atoms with Gasteiger partial charge in [0.1, 0.15) is 16.8 Å². The molecule has 0 bridgehead atoms. The van der Waals surface area contributed by atoms with Gasteiger partial charge in [-0.3, -0.25) is 4.79 Å². The van der Waals surface area contributed by atoms with E-state index in [1.807, 2.05) is 12.3 Å². The van der Waals surface area contributed by atoms with Crippen molar-refractivity contribution in [2.24, 2.45) is 0 Å². The summed E-state index contributed by atoms with van der Waals surface area (Å²) in [6.45, 7) is 0. The van der Waals surface area contributed by atoms with Crippen LogP contribution >= 0.6 is 23.5 Å². The fourth-order valence-corrected chi connectivity index (χ4v) is 4.55. The van der Waals surface area contributed by atoms with Gasteiger partial charge in [-0.25, -0.2) is 8.42 Å². The van der Waals surface area contributed by atoms with Crippen LogP contribution in [0.15, 0.2) is 52.3 Å². The molecule has 0 saturated carbocycles. The lowest BCUT2D eigenvalue weighted by atomic mass is 10.3. The third-order valence-electron chi connectivity index (χ3n) is 3.26. The second kappa shape index (κ2) is 6.88. The number of sulfone groups is 1. The quantitative estimate of drug-likeness (QED) is 0.686. The molecule has 0 unspecified atom stereocenters. The van der Waals surface area contributed by atoms with Gasteiger partial charge in [0.25, 0.3) is 0 Å². The van der Waals surface area contributed by atoms with E-state index in [-0.39, 0.29) is 4.90 Å². The number of thioether (sulfide) groups is 1. The van der Waals surface area contributed by atoms with Crippen molar-refractivity contribution in [2.45, 2.75) is 9.79 Å². The Morgan fingerprint density at radius 3 is 2.79 bits per heavy atom. The van der Waals surface area contributed by atoms with E-state index in [2.05, 4.69) is 14.1 Å². The number of nitrogens with zero attached hydrogens (tertiary/aromatic N) is 2. The van der Waals surface area contributed by atoms with Crippen LogP contribution in [0.1, 0.15) is 0 Å². The van der Waals surface area contributed by atoms with Gasteiger partial charge in [0.2, 0.25) is 5.91 Å². The Bertz CT molecular complexity index is 999. The molecule has 124 valence electrons. The van der Waals surface area contributed by atoms with Crippen molar-refractivity contribution in [3.05, 3.63) is 42.5 Å². The van der Waals surface area contributed by atoms with E-state index in [0.29, 0.717) is 16.7 Å². The van der Waals surface area contributed by atoms with E-state index in [0.717, 1.165) is 16.6 Å². The third-order valence-corrected chi connectivity index (χ3v) is 6.17. The molecule has 0 aliphatic heterocycles. The van der Waals surface area contributed by atoms with Crippen LogP contribution in [0.4, 0.5) is 5.69 Å². The molecular weight excluding hydrogens is 366 g/mol. The van der Waals surface area contributed by atoms with Crippen molar-refractivity contribution in [1.29, 1.82) is 0 Å². The van der Waals surface area contributed by atoms with Crippen LogP contribution < -0.4 is 5.32 Å². The van der Waals surface area contributed by atoms with E-state index in [4.69, 9.17) is 0 Å². The van der Waals surface area contributed by atoms with Crippen LogP contribution in [0.5, 0.6) is 0 Å². The lowest BCUT2D eigenvalue weighted by Crippen LogP contribution is -2.23. The molecule has 0 aliphatic rings. The molecule has 1 N–H and O–H groups in total. The summed E-state index contributed by atoms with van der Waals surface area (Å²) in [5, 5.41) is 2.62. The molecule has 0 fully saturated rings. The highest BCUT2D eigenvalue weighted by atomic mass is 32.2. The third kappa shape index (κ3) is 3.58. The predicted molar refractivity (Wildman–Crippen MR) is 96.3 cm³/mol. The van der Waals surface area contributed by atoms with Crippen LogP contribution in [0, 0.1) is 0 Å². The van der Waals surface area contributed by atoms with Crippen molar-refractivity contribution in [2.75, 3.05) is 17.3 Å². The number of anilines is 1. The van der Waals surface area contributed by atoms with Crippen molar-refractivity contribution in [3.63, 3.8) is 0 Å². The summed E-state index contributed by atoms with van der Waals surface area (Å²) in [5.74, 6) is -1.24. The minimum Gasteiger partial charge on any atom is -0.325 e. The van der Waals surface area contributed by atoms with Crippen LogP contribution in [0.2, 0.25) is 0 Å². The van der Waals surface area contributed by atoms with Gasteiger partial charge in [-0.2, -0.15) is 8.75 Å². The molecule has 3 rings (SSSR count). The minimum atomic E-state index is -3.80. The Morgan fingerprint density at radius 2 is 2.00 bits per heavy atom. The lowest BCUT2D eigenvalue weighted by Gasteiger charge is -2.08. The van der Waals surface area contributed by atoms with Crippen molar-refractivity contribution >= 4 is 56.0 Å². The first-order valence-electron chi connectivity index (χ1n) is 6.87. The topological polar surface area (TPSA) is 89.0 Å².